The summed E-state index contributed by atoms with van der Waals surface area (Å²) in [5, 5.41) is 2.73. The number of amides is 2. The SMILES string of the molecule is O=C(NCCC(=O)N1CCC[C@@H]1c1ccc2c(c1)OCCCO2)c1ccco1. The molecule has 2 aliphatic heterocycles. The number of fused-ring (bicyclic) bond motifs is 1. The van der Waals surface area contributed by atoms with Gasteiger partial charge in [0.1, 0.15) is 0 Å². The average molecular weight is 384 g/mol. The summed E-state index contributed by atoms with van der Waals surface area (Å²) in [7, 11) is 0. The molecule has 1 aromatic carbocycles. The Morgan fingerprint density at radius 2 is 1.96 bits per heavy atom. The largest absolute Gasteiger partial charge is 0.490 e. The fourth-order valence-electron chi connectivity index (χ4n) is 3.72. The lowest BCUT2D eigenvalue weighted by atomic mass is 10.0. The summed E-state index contributed by atoms with van der Waals surface area (Å²) in [6, 6.07) is 9.23. The minimum Gasteiger partial charge on any atom is -0.490 e. The maximum atomic E-state index is 12.7. The van der Waals surface area contributed by atoms with E-state index in [2.05, 4.69) is 5.32 Å². The van der Waals surface area contributed by atoms with Crippen LogP contribution >= 0.6 is 0 Å². The third kappa shape index (κ3) is 3.98. The Kier molecular flexibility index (Phi) is 5.50. The zero-order valence-corrected chi connectivity index (χ0v) is 15.7. The molecule has 28 heavy (non-hydrogen) atoms. The Labute approximate surface area is 163 Å². The smallest absolute Gasteiger partial charge is 0.286 e. The van der Waals surface area contributed by atoms with Crippen LogP contribution in [0.3, 0.4) is 0 Å². The number of hydrogen-bond acceptors (Lipinski definition) is 5. The van der Waals surface area contributed by atoms with E-state index in [1.165, 1.54) is 6.26 Å². The highest BCUT2D eigenvalue weighted by Crippen LogP contribution is 2.38. The zero-order valence-electron chi connectivity index (χ0n) is 15.7. The normalized spacial score (nSPS) is 18.6. The first-order valence-corrected chi connectivity index (χ1v) is 9.73. The average Bonchev–Trinajstić information content (AvgIpc) is 3.36. The molecule has 2 aromatic rings. The summed E-state index contributed by atoms with van der Waals surface area (Å²) in [6.07, 6.45) is 4.45. The highest BCUT2D eigenvalue weighted by atomic mass is 16.5. The van der Waals surface area contributed by atoms with Crippen molar-refractivity contribution in [2.24, 2.45) is 0 Å². The highest BCUT2D eigenvalue weighted by Gasteiger charge is 2.30. The van der Waals surface area contributed by atoms with Crippen molar-refractivity contribution in [2.45, 2.75) is 31.7 Å². The first kappa shape index (κ1) is 18.4. The summed E-state index contributed by atoms with van der Waals surface area (Å²) in [4.78, 5) is 26.5. The molecule has 2 amide bonds. The van der Waals surface area contributed by atoms with Crippen LogP contribution in [0.1, 0.15) is 47.8 Å². The number of likely N-dealkylation sites (tertiary alicyclic amines) is 1. The molecule has 2 aliphatic rings. The van der Waals surface area contributed by atoms with Gasteiger partial charge in [0.15, 0.2) is 17.3 Å². The number of carbonyl (C=O) groups is 2. The molecule has 1 atom stereocenters. The van der Waals surface area contributed by atoms with Gasteiger partial charge in [0.05, 0.1) is 25.5 Å². The molecule has 7 nitrogen and oxygen atoms in total. The molecule has 3 heterocycles. The van der Waals surface area contributed by atoms with Crippen LogP contribution < -0.4 is 14.8 Å². The molecule has 1 aromatic heterocycles. The fraction of sp³-hybridized carbons (Fsp3) is 0.429. The maximum Gasteiger partial charge on any atom is 0.286 e. The van der Waals surface area contributed by atoms with Gasteiger partial charge >= 0.3 is 0 Å². The van der Waals surface area contributed by atoms with E-state index in [1.807, 2.05) is 23.1 Å². The van der Waals surface area contributed by atoms with E-state index in [-0.39, 0.29) is 36.6 Å². The Morgan fingerprint density at radius 3 is 2.79 bits per heavy atom. The molecule has 1 N–H and O–H groups in total. The Hall–Kier alpha value is -2.96. The van der Waals surface area contributed by atoms with Crippen LogP contribution in [0.15, 0.2) is 41.0 Å². The van der Waals surface area contributed by atoms with Crippen molar-refractivity contribution in [1.82, 2.24) is 10.2 Å². The molecule has 1 fully saturated rings. The molecule has 4 rings (SSSR count). The van der Waals surface area contributed by atoms with Crippen LogP contribution in [0.25, 0.3) is 0 Å². The van der Waals surface area contributed by atoms with Crippen LogP contribution in [0.4, 0.5) is 0 Å². The van der Waals surface area contributed by atoms with Gasteiger partial charge in [-0.15, -0.1) is 0 Å². The fourth-order valence-corrected chi connectivity index (χ4v) is 3.72. The Balaban J connectivity index is 1.37. The second-order valence-electron chi connectivity index (χ2n) is 6.99. The Bertz CT molecular complexity index is 833. The number of nitrogens with one attached hydrogen (secondary N) is 1. The predicted molar refractivity (Wildman–Crippen MR) is 101 cm³/mol. The second-order valence-corrected chi connectivity index (χ2v) is 6.99. The van der Waals surface area contributed by atoms with Gasteiger partial charge in [-0.05, 0) is 42.7 Å². The standard InChI is InChI=1S/C21H24N2O5/c24-20(8-9-22-21(25)18-5-2-11-27-18)23-10-1-4-16(23)15-6-7-17-19(14-15)28-13-3-12-26-17/h2,5-7,11,14,16H,1,3-4,8-10,12-13H2,(H,22,25)/t16-/m1/s1. The number of furan rings is 1. The Morgan fingerprint density at radius 1 is 1.11 bits per heavy atom. The lowest BCUT2D eigenvalue weighted by Gasteiger charge is -2.26. The van der Waals surface area contributed by atoms with E-state index in [0.29, 0.717) is 13.2 Å². The maximum absolute atomic E-state index is 12.7. The molecule has 0 bridgehead atoms. The van der Waals surface area contributed by atoms with Gasteiger partial charge < -0.3 is 24.1 Å². The van der Waals surface area contributed by atoms with Crippen LogP contribution in [-0.4, -0.2) is 43.0 Å². The molecule has 0 radical (unpaired) electrons. The molecule has 0 spiro atoms. The molecular weight excluding hydrogens is 360 g/mol. The van der Waals surface area contributed by atoms with E-state index < -0.39 is 0 Å². The third-order valence-corrected chi connectivity index (χ3v) is 5.10. The van der Waals surface area contributed by atoms with Crippen molar-refractivity contribution in [3.05, 3.63) is 47.9 Å². The van der Waals surface area contributed by atoms with Gasteiger partial charge in [-0.25, -0.2) is 0 Å². The summed E-state index contributed by atoms with van der Waals surface area (Å²) in [5.41, 5.74) is 1.06. The number of nitrogens with zero attached hydrogens (tertiary/aromatic N) is 1. The zero-order chi connectivity index (χ0) is 19.3. The van der Waals surface area contributed by atoms with E-state index in [1.54, 1.807) is 12.1 Å². The monoisotopic (exact) mass is 384 g/mol. The number of ether oxygens (including phenoxy) is 2. The second kappa shape index (κ2) is 8.37. The molecule has 148 valence electrons. The van der Waals surface area contributed by atoms with E-state index in [0.717, 1.165) is 42.9 Å². The van der Waals surface area contributed by atoms with Crippen LogP contribution in [0.2, 0.25) is 0 Å². The van der Waals surface area contributed by atoms with Crippen molar-refractivity contribution < 1.29 is 23.5 Å². The predicted octanol–water partition coefficient (Wildman–Crippen LogP) is 2.92. The summed E-state index contributed by atoms with van der Waals surface area (Å²) < 4.78 is 16.5. The van der Waals surface area contributed by atoms with Crippen LogP contribution in [-0.2, 0) is 4.79 Å². The van der Waals surface area contributed by atoms with Gasteiger partial charge in [0.2, 0.25) is 5.91 Å². The molecule has 7 heteroatoms. The van der Waals surface area contributed by atoms with E-state index >= 15 is 0 Å². The number of rotatable bonds is 5. The van der Waals surface area contributed by atoms with E-state index in [4.69, 9.17) is 13.9 Å². The van der Waals surface area contributed by atoms with Crippen molar-refractivity contribution in [3.8, 4) is 11.5 Å². The van der Waals surface area contributed by atoms with E-state index in [9.17, 15) is 9.59 Å². The summed E-state index contributed by atoms with van der Waals surface area (Å²) >= 11 is 0. The van der Waals surface area contributed by atoms with Gasteiger partial charge in [0.25, 0.3) is 5.91 Å². The quantitative estimate of drug-likeness (QED) is 0.857. The van der Waals surface area contributed by atoms with Crippen molar-refractivity contribution in [1.29, 1.82) is 0 Å². The molecular formula is C21H24N2O5. The molecule has 0 unspecified atom stereocenters. The minimum absolute atomic E-state index is 0.0328. The summed E-state index contributed by atoms with van der Waals surface area (Å²) in [6.45, 7) is 2.30. The van der Waals surface area contributed by atoms with Crippen LogP contribution in [0, 0.1) is 0 Å². The topological polar surface area (TPSA) is 81.0 Å². The first-order chi connectivity index (χ1) is 13.7. The molecule has 0 saturated carbocycles. The number of carbonyl (C=O) groups excluding carboxylic acids is 2. The van der Waals surface area contributed by atoms with Crippen molar-refractivity contribution >= 4 is 11.8 Å². The summed E-state index contributed by atoms with van der Waals surface area (Å²) in [5.74, 6) is 1.49. The van der Waals surface area contributed by atoms with Crippen molar-refractivity contribution in [2.75, 3.05) is 26.3 Å². The molecule has 0 aliphatic carbocycles. The van der Waals surface area contributed by atoms with Gasteiger partial charge in [-0.1, -0.05) is 6.07 Å². The lowest BCUT2D eigenvalue weighted by Crippen LogP contribution is -2.34. The lowest BCUT2D eigenvalue weighted by molar-refractivity contribution is -0.132. The molecule has 1 saturated heterocycles. The van der Waals surface area contributed by atoms with Crippen LogP contribution in [0.5, 0.6) is 11.5 Å². The van der Waals surface area contributed by atoms with Gasteiger partial charge in [-0.2, -0.15) is 0 Å². The number of hydrogen-bond donors (Lipinski definition) is 1. The van der Waals surface area contributed by atoms with Gasteiger partial charge in [-0.3, -0.25) is 9.59 Å². The van der Waals surface area contributed by atoms with Gasteiger partial charge in [0, 0.05) is 25.9 Å². The number of benzene rings is 1. The third-order valence-electron chi connectivity index (χ3n) is 5.10. The van der Waals surface area contributed by atoms with Crippen molar-refractivity contribution in [3.63, 3.8) is 0 Å². The first-order valence-electron chi connectivity index (χ1n) is 9.73. The highest BCUT2D eigenvalue weighted by molar-refractivity contribution is 5.91. The minimum atomic E-state index is -0.307.